The molecule has 1 rings (SSSR count). The Hall–Kier alpha value is 0.370. The van der Waals surface area contributed by atoms with Crippen LogP contribution in [0, 0.1) is 5.41 Å². The quantitative estimate of drug-likeness (QED) is 0.653. The lowest BCUT2D eigenvalue weighted by Gasteiger charge is -2.26. The van der Waals surface area contributed by atoms with Crippen molar-refractivity contribution in [2.24, 2.45) is 5.41 Å². The summed E-state index contributed by atoms with van der Waals surface area (Å²) in [6.07, 6.45) is 0. The van der Waals surface area contributed by atoms with Gasteiger partial charge >= 0.3 is 0 Å². The van der Waals surface area contributed by atoms with Crippen LogP contribution in [0.4, 0.5) is 0 Å². The van der Waals surface area contributed by atoms with E-state index in [2.05, 4.69) is 0 Å². The summed E-state index contributed by atoms with van der Waals surface area (Å²) in [7, 11) is 0. The molecule has 0 aliphatic carbocycles. The molecule has 1 saturated heterocycles. The maximum Gasteiger partial charge on any atom is 0.151 e. The average molecular weight is 204 g/mol. The Morgan fingerprint density at radius 2 is 2.00 bits per heavy atom. The molecule has 3 heteroatoms. The van der Waals surface area contributed by atoms with Crippen LogP contribution in [-0.2, 0) is 4.79 Å². The highest BCUT2D eigenvalue weighted by Gasteiger charge is 2.30. The van der Waals surface area contributed by atoms with Gasteiger partial charge in [-0.25, -0.2) is 0 Å². The zero-order valence-electron chi connectivity index (χ0n) is 7.92. The van der Waals surface area contributed by atoms with Crippen molar-refractivity contribution in [3.05, 3.63) is 0 Å². The molecule has 1 unspecified atom stereocenters. The molecule has 1 aliphatic rings. The number of hydrogen-bond acceptors (Lipinski definition) is 3. The van der Waals surface area contributed by atoms with Crippen LogP contribution in [-0.4, -0.2) is 28.3 Å². The minimum absolute atomic E-state index is 0.157. The van der Waals surface area contributed by atoms with Crippen molar-refractivity contribution in [3.8, 4) is 0 Å². The van der Waals surface area contributed by atoms with Crippen molar-refractivity contribution < 1.29 is 4.79 Å². The van der Waals surface area contributed by atoms with Crippen LogP contribution in [0.1, 0.15) is 20.8 Å². The van der Waals surface area contributed by atoms with E-state index < -0.39 is 0 Å². The van der Waals surface area contributed by atoms with Gasteiger partial charge in [0.2, 0.25) is 0 Å². The maximum atomic E-state index is 11.8. The molecular weight excluding hydrogens is 188 g/mol. The van der Waals surface area contributed by atoms with E-state index in [1.807, 2.05) is 44.3 Å². The van der Waals surface area contributed by atoms with Gasteiger partial charge in [0.05, 0.1) is 5.25 Å². The van der Waals surface area contributed by atoms with Gasteiger partial charge in [0, 0.05) is 22.7 Å². The Morgan fingerprint density at radius 3 is 2.42 bits per heavy atom. The van der Waals surface area contributed by atoms with E-state index in [0.29, 0.717) is 5.78 Å². The largest absolute Gasteiger partial charge is 0.298 e. The Bertz CT molecular complexity index is 166. The van der Waals surface area contributed by atoms with Crippen LogP contribution >= 0.6 is 23.5 Å². The third-order valence-electron chi connectivity index (χ3n) is 1.85. The van der Waals surface area contributed by atoms with Crippen LogP contribution in [0.5, 0.6) is 0 Å². The summed E-state index contributed by atoms with van der Waals surface area (Å²) < 4.78 is 0. The lowest BCUT2D eigenvalue weighted by molar-refractivity contribution is -0.125. The van der Waals surface area contributed by atoms with Crippen LogP contribution in [0.15, 0.2) is 0 Å². The molecule has 1 heterocycles. The van der Waals surface area contributed by atoms with Crippen molar-refractivity contribution in [1.82, 2.24) is 0 Å². The zero-order chi connectivity index (χ0) is 9.19. The fourth-order valence-electron chi connectivity index (χ4n) is 1.12. The van der Waals surface area contributed by atoms with Crippen LogP contribution in [0.2, 0.25) is 0 Å². The third kappa shape index (κ3) is 2.70. The fraction of sp³-hybridized carbons (Fsp3) is 0.889. The van der Waals surface area contributed by atoms with Crippen LogP contribution in [0.3, 0.4) is 0 Å². The van der Waals surface area contributed by atoms with E-state index in [0.717, 1.165) is 11.5 Å². The highest BCUT2D eigenvalue weighted by molar-refractivity contribution is 8.07. The second-order valence-electron chi connectivity index (χ2n) is 4.05. The van der Waals surface area contributed by atoms with Crippen molar-refractivity contribution in [1.29, 1.82) is 0 Å². The second-order valence-corrected chi connectivity index (χ2v) is 6.51. The van der Waals surface area contributed by atoms with E-state index in [4.69, 9.17) is 0 Å². The molecule has 0 aromatic heterocycles. The van der Waals surface area contributed by atoms with Gasteiger partial charge in [-0.2, -0.15) is 11.8 Å². The van der Waals surface area contributed by atoms with Gasteiger partial charge in [0.15, 0.2) is 5.78 Å². The Kier molecular flexibility index (Phi) is 3.53. The molecule has 0 spiro atoms. The summed E-state index contributed by atoms with van der Waals surface area (Å²) in [6.45, 7) is 6.03. The molecule has 0 saturated carbocycles. The van der Waals surface area contributed by atoms with Gasteiger partial charge in [-0.3, -0.25) is 4.79 Å². The number of Topliss-reactive ketones (excluding diaryl/α,β-unsaturated/α-hetero) is 1. The zero-order valence-corrected chi connectivity index (χ0v) is 9.56. The third-order valence-corrected chi connectivity index (χ3v) is 4.60. The first-order chi connectivity index (χ1) is 5.52. The van der Waals surface area contributed by atoms with Crippen LogP contribution in [0.25, 0.3) is 0 Å². The lowest BCUT2D eigenvalue weighted by atomic mass is 9.89. The highest BCUT2D eigenvalue weighted by atomic mass is 32.2. The molecule has 70 valence electrons. The summed E-state index contributed by atoms with van der Waals surface area (Å²) in [5.74, 6) is 3.77. The van der Waals surface area contributed by atoms with Gasteiger partial charge < -0.3 is 0 Å². The predicted octanol–water partition coefficient (Wildman–Crippen LogP) is 2.45. The van der Waals surface area contributed by atoms with Crippen molar-refractivity contribution >= 4 is 29.3 Å². The monoisotopic (exact) mass is 204 g/mol. The van der Waals surface area contributed by atoms with Crippen LogP contribution < -0.4 is 0 Å². The fourth-order valence-corrected chi connectivity index (χ4v) is 3.97. The SMILES string of the molecule is CC(C)(C)C(=O)C1CSCCS1. The smallest absolute Gasteiger partial charge is 0.151 e. The van der Waals surface area contributed by atoms with Gasteiger partial charge in [-0.1, -0.05) is 20.8 Å². The summed E-state index contributed by atoms with van der Waals surface area (Å²) >= 11 is 3.73. The molecule has 1 fully saturated rings. The van der Waals surface area contributed by atoms with E-state index in [1.165, 1.54) is 5.75 Å². The van der Waals surface area contributed by atoms with Gasteiger partial charge in [0.1, 0.15) is 0 Å². The number of carbonyl (C=O) groups is 1. The molecule has 1 atom stereocenters. The molecule has 0 bridgehead atoms. The van der Waals surface area contributed by atoms with Gasteiger partial charge in [0.25, 0.3) is 0 Å². The lowest BCUT2D eigenvalue weighted by Crippen LogP contribution is -2.34. The van der Waals surface area contributed by atoms with Crippen molar-refractivity contribution in [3.63, 3.8) is 0 Å². The first kappa shape index (κ1) is 10.5. The van der Waals surface area contributed by atoms with Gasteiger partial charge in [-0.15, -0.1) is 11.8 Å². The van der Waals surface area contributed by atoms with E-state index in [9.17, 15) is 4.79 Å². The summed E-state index contributed by atoms with van der Waals surface area (Å²) in [4.78, 5) is 11.8. The topological polar surface area (TPSA) is 17.1 Å². The average Bonchev–Trinajstić information content (AvgIpc) is 2.03. The van der Waals surface area contributed by atoms with E-state index in [-0.39, 0.29) is 10.7 Å². The Balaban J connectivity index is 2.51. The van der Waals surface area contributed by atoms with E-state index in [1.54, 1.807) is 0 Å². The Labute approximate surface area is 83.1 Å². The first-order valence-electron chi connectivity index (χ1n) is 4.25. The molecule has 0 N–H and O–H groups in total. The molecule has 0 aromatic carbocycles. The van der Waals surface area contributed by atoms with E-state index >= 15 is 0 Å². The molecule has 0 aromatic rings. The minimum Gasteiger partial charge on any atom is -0.298 e. The highest BCUT2D eigenvalue weighted by Crippen LogP contribution is 2.30. The number of thioether (sulfide) groups is 2. The molecule has 1 aliphatic heterocycles. The molecular formula is C9H16OS2. The summed E-state index contributed by atoms with van der Waals surface area (Å²) in [5, 5.41) is 0.253. The maximum absolute atomic E-state index is 11.8. The molecule has 0 radical (unpaired) electrons. The predicted molar refractivity (Wildman–Crippen MR) is 58.0 cm³/mol. The van der Waals surface area contributed by atoms with Crippen molar-refractivity contribution in [2.45, 2.75) is 26.0 Å². The molecule has 12 heavy (non-hydrogen) atoms. The first-order valence-corrected chi connectivity index (χ1v) is 6.46. The number of rotatable bonds is 1. The van der Waals surface area contributed by atoms with Gasteiger partial charge in [-0.05, 0) is 0 Å². The molecule has 0 amide bonds. The normalized spacial score (nSPS) is 25.4. The number of hydrogen-bond donors (Lipinski definition) is 0. The number of ketones is 1. The molecule has 1 nitrogen and oxygen atoms in total. The van der Waals surface area contributed by atoms with Crippen molar-refractivity contribution in [2.75, 3.05) is 17.3 Å². The summed E-state index contributed by atoms with van der Waals surface area (Å²) in [5.41, 5.74) is -0.157. The standard InChI is InChI=1S/C9H16OS2/c1-9(2,3)8(10)7-6-11-4-5-12-7/h7H,4-6H2,1-3H3. The second kappa shape index (κ2) is 4.05. The summed E-state index contributed by atoms with van der Waals surface area (Å²) in [6, 6.07) is 0. The Morgan fingerprint density at radius 1 is 1.33 bits per heavy atom. The minimum atomic E-state index is -0.157. The number of carbonyl (C=O) groups excluding carboxylic acids is 1.